The van der Waals surface area contributed by atoms with Gasteiger partial charge in [-0.2, -0.15) is 0 Å². The summed E-state index contributed by atoms with van der Waals surface area (Å²) in [5.41, 5.74) is 2.68. The first-order valence-corrected chi connectivity index (χ1v) is 11.2. The van der Waals surface area contributed by atoms with Crippen molar-refractivity contribution < 1.29 is 13.2 Å². The molecule has 0 bridgehead atoms. The van der Waals surface area contributed by atoms with Crippen LogP contribution < -0.4 is 14.9 Å². The summed E-state index contributed by atoms with van der Waals surface area (Å²) in [4.78, 5) is 12.6. The lowest BCUT2D eigenvalue weighted by Gasteiger charge is -2.20. The predicted octanol–water partition coefficient (Wildman–Crippen LogP) is 4.84. The van der Waals surface area contributed by atoms with Crippen LogP contribution in [0.3, 0.4) is 0 Å². The van der Waals surface area contributed by atoms with E-state index in [0.717, 1.165) is 10.0 Å². The molecule has 0 radical (unpaired) electrons. The van der Waals surface area contributed by atoms with E-state index < -0.39 is 16.1 Å². The highest BCUT2D eigenvalue weighted by molar-refractivity contribution is 9.10. The predicted molar refractivity (Wildman–Crippen MR) is 118 cm³/mol. The van der Waals surface area contributed by atoms with Crippen LogP contribution in [-0.2, 0) is 16.4 Å². The molecule has 0 spiro atoms. The van der Waals surface area contributed by atoms with Crippen molar-refractivity contribution in [1.29, 1.82) is 0 Å². The molecule has 0 saturated carbocycles. The number of carbonyl (C=O) groups is 1. The highest BCUT2D eigenvalue weighted by Crippen LogP contribution is 2.35. The second kappa shape index (κ2) is 7.88. The van der Waals surface area contributed by atoms with Crippen molar-refractivity contribution in [2.24, 2.45) is 0 Å². The Labute approximate surface area is 177 Å². The van der Waals surface area contributed by atoms with Crippen molar-refractivity contribution in [1.82, 2.24) is 0 Å². The monoisotopic (exact) mass is 471 g/mol. The summed E-state index contributed by atoms with van der Waals surface area (Å²) in [6, 6.07) is 20.6. The van der Waals surface area contributed by atoms with Crippen molar-refractivity contribution in [3.63, 3.8) is 0 Å². The van der Waals surface area contributed by atoms with Crippen molar-refractivity contribution in [3.05, 3.63) is 82.8 Å². The van der Waals surface area contributed by atoms with Crippen molar-refractivity contribution in [2.75, 3.05) is 21.5 Å². The Hall–Kier alpha value is -2.84. The molecule has 0 aliphatic carbocycles. The number of nitrogens with one attached hydrogen (secondary N) is 2. The molecule has 3 aromatic rings. The molecule has 2 amide bonds. The summed E-state index contributed by atoms with van der Waals surface area (Å²) < 4.78 is 28.2. The van der Waals surface area contributed by atoms with Gasteiger partial charge in [0.25, 0.3) is 10.0 Å². The first kappa shape index (κ1) is 19.5. The lowest BCUT2D eigenvalue weighted by Crippen LogP contribution is -2.29. The molecule has 2 N–H and O–H groups in total. The van der Waals surface area contributed by atoms with Crippen LogP contribution in [0.5, 0.6) is 0 Å². The van der Waals surface area contributed by atoms with Crippen molar-refractivity contribution >= 4 is 49.0 Å². The van der Waals surface area contributed by atoms with Gasteiger partial charge >= 0.3 is 6.03 Å². The lowest BCUT2D eigenvalue weighted by atomic mass is 10.1. The normalized spacial score (nSPS) is 13.1. The quantitative estimate of drug-likeness (QED) is 0.570. The second-order valence-electron chi connectivity index (χ2n) is 6.54. The van der Waals surface area contributed by atoms with E-state index in [9.17, 15) is 13.2 Å². The third-order valence-corrected chi connectivity index (χ3v) is 7.17. The molecule has 6 nitrogen and oxygen atoms in total. The number of rotatable bonds is 4. The molecule has 1 heterocycles. The molecule has 0 aromatic heterocycles. The van der Waals surface area contributed by atoms with Crippen LogP contribution in [0, 0.1) is 0 Å². The van der Waals surface area contributed by atoms with E-state index in [2.05, 4.69) is 26.6 Å². The summed E-state index contributed by atoms with van der Waals surface area (Å²) in [7, 11) is -3.65. The molecule has 4 rings (SSSR count). The Balaban J connectivity index is 1.56. The van der Waals surface area contributed by atoms with Crippen LogP contribution in [0.2, 0.25) is 0 Å². The Morgan fingerprint density at radius 1 is 0.931 bits per heavy atom. The molecular formula is C21H18BrN3O3S. The van der Waals surface area contributed by atoms with Gasteiger partial charge in [-0.05, 0) is 64.3 Å². The molecule has 3 aromatic carbocycles. The van der Waals surface area contributed by atoms with Crippen LogP contribution >= 0.6 is 15.9 Å². The Morgan fingerprint density at radius 2 is 1.66 bits per heavy atom. The number of para-hydroxylation sites is 1. The van der Waals surface area contributed by atoms with Crippen molar-refractivity contribution in [2.45, 2.75) is 11.3 Å². The van der Waals surface area contributed by atoms with Crippen LogP contribution in [0.1, 0.15) is 5.56 Å². The van der Waals surface area contributed by atoms with Gasteiger partial charge in [-0.1, -0.05) is 36.4 Å². The lowest BCUT2D eigenvalue weighted by molar-refractivity contribution is 0.262. The number of nitrogens with zero attached hydrogens (tertiary/aromatic N) is 1. The largest absolute Gasteiger partial charge is 0.323 e. The van der Waals surface area contributed by atoms with Crippen LogP contribution in [-0.4, -0.2) is 21.0 Å². The van der Waals surface area contributed by atoms with Crippen LogP contribution in [0.15, 0.2) is 82.2 Å². The third-order valence-electron chi connectivity index (χ3n) is 4.65. The molecule has 8 heteroatoms. The topological polar surface area (TPSA) is 78.5 Å². The number of carbonyl (C=O) groups excluding carboxylic acids is 1. The van der Waals surface area contributed by atoms with E-state index in [0.29, 0.717) is 30.0 Å². The SMILES string of the molecule is O=C(Nc1ccc2c(c1)N(S(=O)(=O)c1ccccc1)CC2)Nc1ccccc1Br. The zero-order valence-electron chi connectivity index (χ0n) is 15.3. The van der Waals surface area contributed by atoms with Gasteiger partial charge in [-0.3, -0.25) is 4.31 Å². The smallest absolute Gasteiger partial charge is 0.308 e. The molecule has 1 aliphatic rings. The molecule has 29 heavy (non-hydrogen) atoms. The number of sulfonamides is 1. The number of hydrogen-bond donors (Lipinski definition) is 2. The fraction of sp³-hybridized carbons (Fsp3) is 0.0952. The number of halogens is 1. The van der Waals surface area contributed by atoms with Gasteiger partial charge in [0.1, 0.15) is 0 Å². The number of urea groups is 1. The van der Waals surface area contributed by atoms with E-state index in [1.807, 2.05) is 24.3 Å². The minimum absolute atomic E-state index is 0.248. The fourth-order valence-electron chi connectivity index (χ4n) is 3.24. The maximum absolute atomic E-state index is 13.0. The van der Waals surface area contributed by atoms with Gasteiger partial charge in [0.2, 0.25) is 0 Å². The summed E-state index contributed by atoms with van der Waals surface area (Å²) in [5, 5.41) is 5.53. The van der Waals surface area contributed by atoms with E-state index in [-0.39, 0.29) is 4.90 Å². The highest BCUT2D eigenvalue weighted by atomic mass is 79.9. The van der Waals surface area contributed by atoms with Gasteiger partial charge in [0.15, 0.2) is 0 Å². The summed E-state index contributed by atoms with van der Waals surface area (Å²) in [6.45, 7) is 0.374. The average Bonchev–Trinajstić information content (AvgIpc) is 3.14. The number of anilines is 3. The average molecular weight is 472 g/mol. The molecule has 0 fully saturated rings. The summed E-state index contributed by atoms with van der Waals surface area (Å²) in [5.74, 6) is 0. The van der Waals surface area contributed by atoms with Gasteiger partial charge in [-0.25, -0.2) is 13.2 Å². The number of hydrogen-bond acceptors (Lipinski definition) is 3. The first-order valence-electron chi connectivity index (χ1n) is 8.98. The zero-order chi connectivity index (χ0) is 20.4. The number of benzene rings is 3. The van der Waals surface area contributed by atoms with Gasteiger partial charge in [0, 0.05) is 16.7 Å². The third kappa shape index (κ3) is 3.99. The number of fused-ring (bicyclic) bond motifs is 1. The molecule has 0 unspecified atom stereocenters. The van der Waals surface area contributed by atoms with Crippen LogP contribution in [0.25, 0.3) is 0 Å². The standard InChI is InChI=1S/C21H18BrN3O3S/c22-18-8-4-5-9-19(18)24-21(26)23-16-11-10-15-12-13-25(20(15)14-16)29(27,28)17-6-2-1-3-7-17/h1-11,14H,12-13H2,(H2,23,24,26). The highest BCUT2D eigenvalue weighted by Gasteiger charge is 2.31. The minimum Gasteiger partial charge on any atom is -0.308 e. The van der Waals surface area contributed by atoms with E-state index in [1.165, 1.54) is 4.31 Å². The van der Waals surface area contributed by atoms with Gasteiger partial charge in [0.05, 0.1) is 16.3 Å². The summed E-state index contributed by atoms with van der Waals surface area (Å²) in [6.07, 6.45) is 0.630. The molecule has 0 atom stereocenters. The second-order valence-corrected chi connectivity index (χ2v) is 9.26. The Morgan fingerprint density at radius 3 is 2.41 bits per heavy atom. The minimum atomic E-state index is -3.65. The maximum atomic E-state index is 13.0. The summed E-state index contributed by atoms with van der Waals surface area (Å²) >= 11 is 3.39. The van der Waals surface area contributed by atoms with Gasteiger partial charge in [-0.15, -0.1) is 0 Å². The Bertz CT molecular complexity index is 1170. The first-order chi connectivity index (χ1) is 13.9. The van der Waals surface area contributed by atoms with Crippen LogP contribution in [0.4, 0.5) is 21.9 Å². The molecule has 148 valence electrons. The fourth-order valence-corrected chi connectivity index (χ4v) is 5.14. The Kier molecular flexibility index (Phi) is 5.29. The number of amides is 2. The zero-order valence-corrected chi connectivity index (χ0v) is 17.7. The van der Waals surface area contributed by atoms with Gasteiger partial charge < -0.3 is 10.6 Å². The van der Waals surface area contributed by atoms with E-state index in [1.54, 1.807) is 48.5 Å². The molecule has 0 saturated heterocycles. The van der Waals surface area contributed by atoms with E-state index in [4.69, 9.17) is 0 Å². The molecule has 1 aliphatic heterocycles. The van der Waals surface area contributed by atoms with E-state index >= 15 is 0 Å². The van der Waals surface area contributed by atoms with Crippen molar-refractivity contribution in [3.8, 4) is 0 Å². The maximum Gasteiger partial charge on any atom is 0.323 e. The molecular weight excluding hydrogens is 454 g/mol.